The van der Waals surface area contributed by atoms with Crippen molar-refractivity contribution in [3.63, 3.8) is 0 Å². The Morgan fingerprint density at radius 2 is 2.18 bits per heavy atom. The second-order valence-corrected chi connectivity index (χ2v) is 5.91. The molecule has 2 atom stereocenters. The molecule has 96 valence electrons. The first-order valence-corrected chi connectivity index (χ1v) is 6.91. The molecule has 0 saturated carbocycles. The molecule has 1 aromatic heterocycles. The summed E-state index contributed by atoms with van der Waals surface area (Å²) in [5.41, 5.74) is 0.964. The van der Waals surface area contributed by atoms with E-state index in [-0.39, 0.29) is 0 Å². The van der Waals surface area contributed by atoms with Crippen LogP contribution in [0.15, 0.2) is 0 Å². The Bertz CT molecular complexity index is 391. The minimum atomic E-state index is -0.411. The molecule has 0 aliphatic carbocycles. The van der Waals surface area contributed by atoms with E-state index < -0.39 is 6.10 Å². The van der Waals surface area contributed by atoms with E-state index in [1.54, 1.807) is 18.3 Å². The van der Waals surface area contributed by atoms with Gasteiger partial charge in [0.15, 0.2) is 5.13 Å². The van der Waals surface area contributed by atoms with Crippen LogP contribution in [0.1, 0.15) is 30.5 Å². The van der Waals surface area contributed by atoms with Gasteiger partial charge in [-0.15, -0.1) is 0 Å². The number of anilines is 1. The van der Waals surface area contributed by atoms with Gasteiger partial charge in [-0.25, -0.2) is 4.98 Å². The smallest absolute Gasteiger partial charge is 0.185 e. The van der Waals surface area contributed by atoms with Crippen molar-refractivity contribution in [1.82, 2.24) is 9.88 Å². The molecular formula is C12H21N3OS. The second kappa shape index (κ2) is 4.92. The zero-order chi connectivity index (χ0) is 12.6. The number of nitrogens with zero attached hydrogens (tertiary/aromatic N) is 3. The van der Waals surface area contributed by atoms with Crippen LogP contribution in [0.25, 0.3) is 0 Å². The van der Waals surface area contributed by atoms with Gasteiger partial charge in [-0.3, -0.25) is 0 Å². The van der Waals surface area contributed by atoms with Gasteiger partial charge < -0.3 is 14.9 Å². The van der Waals surface area contributed by atoms with Crippen LogP contribution in [-0.2, 0) is 0 Å². The lowest BCUT2D eigenvalue weighted by atomic mass is 10.2. The first-order valence-electron chi connectivity index (χ1n) is 6.09. The molecule has 1 aliphatic rings. The molecule has 2 unspecified atom stereocenters. The summed E-state index contributed by atoms with van der Waals surface area (Å²) in [7, 11) is 2.16. The normalized spacial score (nSPS) is 24.1. The molecule has 0 radical (unpaired) electrons. The van der Waals surface area contributed by atoms with E-state index >= 15 is 0 Å². The molecule has 1 aromatic rings. The monoisotopic (exact) mass is 255 g/mol. The van der Waals surface area contributed by atoms with E-state index in [9.17, 15) is 5.11 Å². The highest BCUT2D eigenvalue weighted by Crippen LogP contribution is 2.31. The highest BCUT2D eigenvalue weighted by atomic mass is 32.1. The predicted octanol–water partition coefficient (Wildman–Crippen LogP) is 1.65. The van der Waals surface area contributed by atoms with Gasteiger partial charge in [0, 0.05) is 25.7 Å². The van der Waals surface area contributed by atoms with Crippen molar-refractivity contribution in [2.24, 2.45) is 0 Å². The van der Waals surface area contributed by atoms with Crippen LogP contribution in [0.4, 0.5) is 5.13 Å². The van der Waals surface area contributed by atoms with Crippen LogP contribution in [0.5, 0.6) is 0 Å². The number of rotatable bonds is 2. The summed E-state index contributed by atoms with van der Waals surface area (Å²) < 4.78 is 0. The maximum absolute atomic E-state index is 9.65. The molecule has 1 N–H and O–H groups in total. The summed E-state index contributed by atoms with van der Waals surface area (Å²) in [6.45, 7) is 9.13. The molecule has 0 bridgehead atoms. The maximum atomic E-state index is 9.65. The zero-order valence-corrected chi connectivity index (χ0v) is 11.8. The number of hydrogen-bond donors (Lipinski definition) is 1. The largest absolute Gasteiger partial charge is 0.388 e. The number of aliphatic hydroxyl groups is 1. The fourth-order valence-electron chi connectivity index (χ4n) is 2.14. The van der Waals surface area contributed by atoms with Gasteiger partial charge in [-0.2, -0.15) is 0 Å². The third-order valence-electron chi connectivity index (χ3n) is 3.43. The lowest BCUT2D eigenvalue weighted by Gasteiger charge is -2.37. The Morgan fingerprint density at radius 1 is 1.47 bits per heavy atom. The molecule has 5 heteroatoms. The Kier molecular flexibility index (Phi) is 3.70. The van der Waals surface area contributed by atoms with E-state index in [2.05, 4.69) is 28.8 Å². The molecule has 1 fully saturated rings. The molecule has 0 aromatic carbocycles. The Morgan fingerprint density at radius 3 is 2.71 bits per heavy atom. The van der Waals surface area contributed by atoms with E-state index in [0.29, 0.717) is 6.04 Å². The van der Waals surface area contributed by atoms with E-state index in [0.717, 1.165) is 35.3 Å². The van der Waals surface area contributed by atoms with Gasteiger partial charge in [0.05, 0.1) is 16.7 Å². The van der Waals surface area contributed by atoms with E-state index in [4.69, 9.17) is 0 Å². The van der Waals surface area contributed by atoms with Crippen LogP contribution in [0, 0.1) is 6.92 Å². The van der Waals surface area contributed by atoms with Crippen molar-refractivity contribution in [3.8, 4) is 0 Å². The maximum Gasteiger partial charge on any atom is 0.185 e. The topological polar surface area (TPSA) is 39.6 Å². The average Bonchev–Trinajstić information content (AvgIpc) is 2.64. The van der Waals surface area contributed by atoms with Crippen molar-refractivity contribution in [1.29, 1.82) is 0 Å². The number of hydrogen-bond acceptors (Lipinski definition) is 5. The minimum Gasteiger partial charge on any atom is -0.388 e. The zero-order valence-electron chi connectivity index (χ0n) is 11.0. The van der Waals surface area contributed by atoms with Crippen molar-refractivity contribution in [2.75, 3.05) is 31.6 Å². The molecule has 4 nitrogen and oxygen atoms in total. The summed E-state index contributed by atoms with van der Waals surface area (Å²) in [6, 6.07) is 0.558. The van der Waals surface area contributed by atoms with E-state index in [1.165, 1.54) is 0 Å². The third-order valence-corrected chi connectivity index (χ3v) is 4.82. The molecule has 2 heterocycles. The van der Waals surface area contributed by atoms with E-state index in [1.807, 2.05) is 6.92 Å². The average molecular weight is 255 g/mol. The summed E-state index contributed by atoms with van der Waals surface area (Å²) in [4.78, 5) is 10.3. The van der Waals surface area contributed by atoms with Crippen molar-refractivity contribution >= 4 is 16.5 Å². The highest BCUT2D eigenvalue weighted by Gasteiger charge is 2.24. The second-order valence-electron chi connectivity index (χ2n) is 4.90. The highest BCUT2D eigenvalue weighted by molar-refractivity contribution is 7.15. The minimum absolute atomic E-state index is 0.411. The Balaban J connectivity index is 2.15. The standard InChI is InChI=1S/C12H21N3OS/c1-8-7-15(6-5-14(8)4)12-13-9(2)11(17-12)10(3)16/h8,10,16H,5-7H2,1-4H3. The van der Waals surface area contributed by atoms with Gasteiger partial charge in [-0.1, -0.05) is 11.3 Å². The van der Waals surface area contributed by atoms with Crippen molar-refractivity contribution < 1.29 is 5.11 Å². The summed E-state index contributed by atoms with van der Waals surface area (Å²) in [5.74, 6) is 0. The summed E-state index contributed by atoms with van der Waals surface area (Å²) >= 11 is 1.62. The number of thiazole rings is 1. The van der Waals surface area contributed by atoms with Crippen LogP contribution >= 0.6 is 11.3 Å². The first kappa shape index (κ1) is 12.8. The van der Waals surface area contributed by atoms with Crippen LogP contribution in [0.3, 0.4) is 0 Å². The molecule has 1 aliphatic heterocycles. The summed E-state index contributed by atoms with van der Waals surface area (Å²) in [5, 5.41) is 10.7. The molecular weight excluding hydrogens is 234 g/mol. The Labute approximate surface area is 107 Å². The fraction of sp³-hybridized carbons (Fsp3) is 0.750. The number of likely N-dealkylation sites (N-methyl/N-ethyl adjacent to an activating group) is 1. The van der Waals surface area contributed by atoms with Crippen molar-refractivity contribution in [2.45, 2.75) is 32.9 Å². The van der Waals surface area contributed by atoms with Gasteiger partial charge in [0.1, 0.15) is 0 Å². The fourth-order valence-corrected chi connectivity index (χ4v) is 3.18. The van der Waals surface area contributed by atoms with Gasteiger partial charge >= 0.3 is 0 Å². The third kappa shape index (κ3) is 2.61. The lowest BCUT2D eigenvalue weighted by Crippen LogP contribution is -2.50. The molecule has 0 spiro atoms. The predicted molar refractivity (Wildman–Crippen MR) is 71.8 cm³/mol. The number of aryl methyl sites for hydroxylation is 1. The first-order chi connectivity index (χ1) is 7.99. The van der Waals surface area contributed by atoms with Gasteiger partial charge in [0.25, 0.3) is 0 Å². The number of aliphatic hydroxyl groups excluding tert-OH is 1. The molecule has 1 saturated heterocycles. The Hall–Kier alpha value is -0.650. The lowest BCUT2D eigenvalue weighted by molar-refractivity contribution is 0.202. The van der Waals surface area contributed by atoms with Gasteiger partial charge in [-0.05, 0) is 27.8 Å². The van der Waals surface area contributed by atoms with Crippen LogP contribution in [-0.4, -0.2) is 47.7 Å². The quantitative estimate of drug-likeness (QED) is 0.872. The van der Waals surface area contributed by atoms with Crippen LogP contribution < -0.4 is 4.90 Å². The molecule has 2 rings (SSSR count). The number of piperazine rings is 1. The van der Waals surface area contributed by atoms with Crippen LogP contribution in [0.2, 0.25) is 0 Å². The van der Waals surface area contributed by atoms with Gasteiger partial charge in [0.2, 0.25) is 0 Å². The number of aromatic nitrogens is 1. The van der Waals surface area contributed by atoms with Crippen molar-refractivity contribution in [3.05, 3.63) is 10.6 Å². The molecule has 17 heavy (non-hydrogen) atoms. The molecule has 0 amide bonds. The summed E-state index contributed by atoms with van der Waals surface area (Å²) in [6.07, 6.45) is -0.411. The SMILES string of the molecule is Cc1nc(N2CCN(C)C(C)C2)sc1C(C)O.